The molecule has 0 saturated carbocycles. The van der Waals surface area contributed by atoms with Crippen LogP contribution in [0.25, 0.3) is 0 Å². The lowest BCUT2D eigenvalue weighted by molar-refractivity contribution is -0.155. The van der Waals surface area contributed by atoms with E-state index in [0.29, 0.717) is 26.2 Å². The third-order valence-corrected chi connectivity index (χ3v) is 3.85. The van der Waals surface area contributed by atoms with E-state index in [4.69, 9.17) is 0 Å². The first-order valence-electron chi connectivity index (χ1n) is 7.11. The average Bonchev–Trinajstić information content (AvgIpc) is 2.41. The second-order valence-corrected chi connectivity index (χ2v) is 5.62. The molecule has 118 valence electrons. The lowest BCUT2D eigenvalue weighted by Crippen LogP contribution is -2.54. The lowest BCUT2D eigenvalue weighted by atomic mass is 10.1. The van der Waals surface area contributed by atoms with Gasteiger partial charge in [0, 0.05) is 32.2 Å². The predicted molar refractivity (Wildman–Crippen MR) is 74.9 cm³/mol. The third-order valence-electron chi connectivity index (χ3n) is 3.85. The Balaban J connectivity index is 1.85. The van der Waals surface area contributed by atoms with Gasteiger partial charge >= 0.3 is 6.18 Å². The van der Waals surface area contributed by atoms with Crippen LogP contribution in [0.5, 0.6) is 0 Å². The van der Waals surface area contributed by atoms with E-state index in [-0.39, 0.29) is 6.04 Å². The van der Waals surface area contributed by atoms with Gasteiger partial charge in [-0.15, -0.1) is 0 Å². The monoisotopic (exact) mass is 302 g/mol. The van der Waals surface area contributed by atoms with Gasteiger partial charge in [-0.3, -0.25) is 9.80 Å². The molecular formula is C15H21F3N2O. The second-order valence-electron chi connectivity index (χ2n) is 5.62. The molecule has 1 heterocycles. The fourth-order valence-corrected chi connectivity index (χ4v) is 2.73. The van der Waals surface area contributed by atoms with Crippen molar-refractivity contribution < 1.29 is 18.3 Å². The highest BCUT2D eigenvalue weighted by atomic mass is 19.4. The molecule has 1 N–H and O–H groups in total. The van der Waals surface area contributed by atoms with Gasteiger partial charge in [0.25, 0.3) is 0 Å². The van der Waals surface area contributed by atoms with Crippen molar-refractivity contribution in [2.24, 2.45) is 0 Å². The Hall–Kier alpha value is -1.11. The van der Waals surface area contributed by atoms with E-state index in [2.05, 4.69) is 0 Å². The van der Waals surface area contributed by atoms with Crippen LogP contribution in [-0.2, 0) is 0 Å². The molecular weight excluding hydrogens is 281 g/mol. The van der Waals surface area contributed by atoms with Crippen molar-refractivity contribution in [1.29, 1.82) is 0 Å². The number of aliphatic hydroxyl groups excluding tert-OH is 1. The number of aliphatic hydroxyl groups is 1. The predicted octanol–water partition coefficient (Wildman–Crippen LogP) is 2.29. The molecule has 3 nitrogen and oxygen atoms in total. The highest BCUT2D eigenvalue weighted by Gasteiger charge is 2.35. The summed E-state index contributed by atoms with van der Waals surface area (Å²) >= 11 is 0. The molecule has 1 aromatic rings. The van der Waals surface area contributed by atoms with Crippen molar-refractivity contribution in [1.82, 2.24) is 9.80 Å². The van der Waals surface area contributed by atoms with Crippen LogP contribution in [0.3, 0.4) is 0 Å². The van der Waals surface area contributed by atoms with Crippen molar-refractivity contribution in [2.75, 3.05) is 32.7 Å². The summed E-state index contributed by atoms with van der Waals surface area (Å²) in [4.78, 5) is 3.47. The number of benzene rings is 1. The SMILES string of the molecule is CC1CN(CC(O)c2ccccc2)CCN1CC(F)(F)F. The van der Waals surface area contributed by atoms with Crippen LogP contribution < -0.4 is 0 Å². The number of β-amino-alcohol motifs (C(OH)–C–C–N with tert-alkyl or cyclic N) is 1. The number of nitrogens with zero attached hydrogens (tertiary/aromatic N) is 2. The molecule has 0 bridgehead atoms. The fraction of sp³-hybridized carbons (Fsp3) is 0.600. The van der Waals surface area contributed by atoms with E-state index >= 15 is 0 Å². The Bertz CT molecular complexity index is 438. The molecule has 0 amide bonds. The van der Waals surface area contributed by atoms with Gasteiger partial charge in [-0.05, 0) is 12.5 Å². The average molecular weight is 302 g/mol. The topological polar surface area (TPSA) is 26.7 Å². The van der Waals surface area contributed by atoms with Gasteiger partial charge in [-0.1, -0.05) is 30.3 Å². The maximum Gasteiger partial charge on any atom is 0.401 e. The zero-order valence-corrected chi connectivity index (χ0v) is 12.1. The Kier molecular flexibility index (Phi) is 5.24. The Morgan fingerprint density at radius 1 is 1.24 bits per heavy atom. The van der Waals surface area contributed by atoms with Gasteiger partial charge in [0.1, 0.15) is 0 Å². The van der Waals surface area contributed by atoms with Crippen LogP contribution in [0, 0.1) is 0 Å². The van der Waals surface area contributed by atoms with Crippen LogP contribution in [-0.4, -0.2) is 59.8 Å². The largest absolute Gasteiger partial charge is 0.401 e. The zero-order valence-electron chi connectivity index (χ0n) is 12.1. The van der Waals surface area contributed by atoms with Gasteiger partial charge in [-0.25, -0.2) is 0 Å². The summed E-state index contributed by atoms with van der Waals surface area (Å²) in [6.07, 6.45) is -4.76. The van der Waals surface area contributed by atoms with Gasteiger partial charge < -0.3 is 5.11 Å². The van der Waals surface area contributed by atoms with E-state index in [0.717, 1.165) is 5.56 Å². The molecule has 2 unspecified atom stereocenters. The van der Waals surface area contributed by atoms with Crippen LogP contribution in [0.1, 0.15) is 18.6 Å². The van der Waals surface area contributed by atoms with Gasteiger partial charge in [-0.2, -0.15) is 13.2 Å². The number of halogens is 3. The minimum absolute atomic E-state index is 0.164. The molecule has 0 aromatic heterocycles. The first-order valence-corrected chi connectivity index (χ1v) is 7.11. The molecule has 1 saturated heterocycles. The molecule has 0 spiro atoms. The second kappa shape index (κ2) is 6.77. The maximum atomic E-state index is 12.4. The number of hydrogen-bond acceptors (Lipinski definition) is 3. The fourth-order valence-electron chi connectivity index (χ4n) is 2.73. The number of rotatable bonds is 4. The minimum Gasteiger partial charge on any atom is -0.387 e. The molecule has 0 radical (unpaired) electrons. The normalized spacial score (nSPS) is 23.2. The Labute approximate surface area is 123 Å². The van der Waals surface area contributed by atoms with E-state index < -0.39 is 18.8 Å². The van der Waals surface area contributed by atoms with E-state index in [1.165, 1.54) is 4.90 Å². The molecule has 6 heteroatoms. The first-order chi connectivity index (χ1) is 9.85. The summed E-state index contributed by atoms with van der Waals surface area (Å²) in [5.74, 6) is 0. The van der Waals surface area contributed by atoms with Crippen LogP contribution in [0.4, 0.5) is 13.2 Å². The first kappa shape index (κ1) is 16.3. The molecule has 21 heavy (non-hydrogen) atoms. The standard InChI is InChI=1S/C15H21F3N2O/c1-12-9-19(7-8-20(12)11-15(16,17)18)10-14(21)13-5-3-2-4-6-13/h2-6,12,14,21H,7-11H2,1H3. The third kappa shape index (κ3) is 4.98. The molecule has 0 aliphatic carbocycles. The van der Waals surface area contributed by atoms with Crippen LogP contribution in [0.2, 0.25) is 0 Å². The minimum atomic E-state index is -4.15. The van der Waals surface area contributed by atoms with Crippen molar-refractivity contribution in [3.05, 3.63) is 35.9 Å². The quantitative estimate of drug-likeness (QED) is 0.924. The molecule has 1 aliphatic rings. The van der Waals surface area contributed by atoms with E-state index in [9.17, 15) is 18.3 Å². The highest BCUT2D eigenvalue weighted by molar-refractivity contribution is 5.17. The van der Waals surface area contributed by atoms with Crippen LogP contribution in [0.15, 0.2) is 30.3 Å². The highest BCUT2D eigenvalue weighted by Crippen LogP contribution is 2.21. The van der Waals surface area contributed by atoms with Crippen LogP contribution >= 0.6 is 0 Å². The number of alkyl halides is 3. The molecule has 2 atom stereocenters. The molecule has 1 aromatic carbocycles. The summed E-state index contributed by atoms with van der Waals surface area (Å²) in [5, 5.41) is 10.2. The van der Waals surface area contributed by atoms with Crippen molar-refractivity contribution in [3.63, 3.8) is 0 Å². The van der Waals surface area contributed by atoms with E-state index in [1.807, 2.05) is 35.2 Å². The summed E-state index contributed by atoms with van der Waals surface area (Å²) < 4.78 is 37.3. The summed E-state index contributed by atoms with van der Waals surface area (Å²) in [5.41, 5.74) is 0.836. The Morgan fingerprint density at radius 2 is 1.90 bits per heavy atom. The van der Waals surface area contributed by atoms with Crippen molar-refractivity contribution in [3.8, 4) is 0 Å². The Morgan fingerprint density at radius 3 is 2.48 bits per heavy atom. The van der Waals surface area contributed by atoms with Crippen molar-refractivity contribution >= 4 is 0 Å². The van der Waals surface area contributed by atoms with Gasteiger partial charge in [0.05, 0.1) is 12.6 Å². The number of piperazine rings is 1. The van der Waals surface area contributed by atoms with Gasteiger partial charge in [0.2, 0.25) is 0 Å². The lowest BCUT2D eigenvalue weighted by Gasteiger charge is -2.40. The number of hydrogen-bond donors (Lipinski definition) is 1. The summed E-state index contributed by atoms with van der Waals surface area (Å²) in [6, 6.07) is 9.16. The zero-order chi connectivity index (χ0) is 15.5. The molecule has 1 fully saturated rings. The van der Waals surface area contributed by atoms with Crippen molar-refractivity contribution in [2.45, 2.75) is 25.2 Å². The van der Waals surface area contributed by atoms with E-state index in [1.54, 1.807) is 6.92 Å². The molecule has 1 aliphatic heterocycles. The smallest absolute Gasteiger partial charge is 0.387 e. The summed E-state index contributed by atoms with van der Waals surface area (Å²) in [6.45, 7) is 2.86. The molecule has 2 rings (SSSR count). The summed E-state index contributed by atoms with van der Waals surface area (Å²) in [7, 11) is 0. The van der Waals surface area contributed by atoms with Gasteiger partial charge in [0.15, 0.2) is 0 Å². The maximum absolute atomic E-state index is 12.4.